The maximum Gasteiger partial charge on any atom is 0.273 e. The highest BCUT2D eigenvalue weighted by molar-refractivity contribution is 8.08. The average molecular weight is 770 g/mol. The molecule has 11 heteroatoms. The molecule has 4 rings (SSSR count). The number of hydrogen-bond acceptors (Lipinski definition) is 8. The van der Waals surface area contributed by atoms with Gasteiger partial charge in [0, 0.05) is 32.5 Å². The monoisotopic (exact) mass is 769 g/mol. The van der Waals surface area contributed by atoms with Crippen LogP contribution in [0.5, 0.6) is 5.75 Å². The van der Waals surface area contributed by atoms with Crippen molar-refractivity contribution >= 4 is 57.4 Å². The summed E-state index contributed by atoms with van der Waals surface area (Å²) in [7, 11) is -2.94. The molecule has 0 amide bonds. The van der Waals surface area contributed by atoms with Crippen LogP contribution in [0.1, 0.15) is 136 Å². The minimum Gasteiger partial charge on any atom is -0.494 e. The Morgan fingerprint density at radius 1 is 0.745 bits per heavy atom. The number of ketones is 2. The Kier molecular flexibility index (Phi) is 15.7. The van der Waals surface area contributed by atoms with Crippen LogP contribution in [-0.2, 0) is 4.12 Å². The number of nitrogens with zero attached hydrogens (tertiary/aromatic N) is 1. The Labute approximate surface area is 316 Å². The summed E-state index contributed by atoms with van der Waals surface area (Å²) in [6.07, 6.45) is 16.4. The number of unbranched alkanes of at least 4 members (excludes halogenated alkanes) is 11. The fourth-order valence-corrected chi connectivity index (χ4v) is 17.6. The number of nitro groups is 1. The second-order valence-corrected chi connectivity index (χ2v) is 27.0. The first kappa shape index (κ1) is 41.6. The van der Waals surface area contributed by atoms with Crippen LogP contribution in [0.4, 0.5) is 5.69 Å². The van der Waals surface area contributed by atoms with Crippen molar-refractivity contribution in [3.05, 3.63) is 66.9 Å². The molecule has 0 saturated carbocycles. The molecule has 2 aliphatic rings. The third-order valence-corrected chi connectivity index (χ3v) is 18.3. The van der Waals surface area contributed by atoms with E-state index < -0.39 is 16.6 Å². The largest absolute Gasteiger partial charge is 0.494 e. The molecule has 7 nitrogen and oxygen atoms in total. The van der Waals surface area contributed by atoms with Crippen molar-refractivity contribution in [2.45, 2.75) is 158 Å². The zero-order valence-corrected chi connectivity index (χ0v) is 35.6. The summed E-state index contributed by atoms with van der Waals surface area (Å²) in [6.45, 7) is 16.4. The van der Waals surface area contributed by atoms with Crippen molar-refractivity contribution in [2.75, 3.05) is 6.61 Å². The molecule has 0 N–H and O–H groups in total. The van der Waals surface area contributed by atoms with Crippen molar-refractivity contribution in [1.82, 2.24) is 0 Å². The third-order valence-electron chi connectivity index (χ3n) is 9.61. The van der Waals surface area contributed by atoms with E-state index in [0.29, 0.717) is 38.0 Å². The number of carbonyl (C=O) groups is 2. The highest BCUT2D eigenvalue weighted by Gasteiger charge is 2.38. The van der Waals surface area contributed by atoms with Gasteiger partial charge in [0.15, 0.2) is 16.6 Å². The normalized spacial score (nSPS) is 16.5. The molecule has 0 radical (unpaired) electrons. The highest BCUT2D eigenvalue weighted by atomic mass is 32.2. The molecule has 0 fully saturated rings. The van der Waals surface area contributed by atoms with Crippen molar-refractivity contribution < 1.29 is 23.4 Å². The molecule has 0 bridgehead atoms. The van der Waals surface area contributed by atoms with E-state index in [1.165, 1.54) is 80.6 Å². The fourth-order valence-electron chi connectivity index (χ4n) is 7.11. The maximum atomic E-state index is 13.6. The molecule has 2 aliphatic heterocycles. The lowest BCUT2D eigenvalue weighted by atomic mass is 9.92. The lowest BCUT2D eigenvalue weighted by molar-refractivity contribution is -0.385. The first-order valence-electron chi connectivity index (χ1n) is 19.2. The molecule has 51 heavy (non-hydrogen) atoms. The topological polar surface area (TPSA) is 95.7 Å². The number of benzene rings is 2. The second kappa shape index (κ2) is 19.2. The van der Waals surface area contributed by atoms with Crippen LogP contribution >= 0.6 is 23.5 Å². The Hall–Kier alpha value is -2.19. The van der Waals surface area contributed by atoms with Gasteiger partial charge in [-0.1, -0.05) is 114 Å². The zero-order valence-electron chi connectivity index (χ0n) is 32.0. The smallest absolute Gasteiger partial charge is 0.273 e. The van der Waals surface area contributed by atoms with Crippen LogP contribution in [0.3, 0.4) is 0 Å². The molecule has 0 aliphatic carbocycles. The van der Waals surface area contributed by atoms with Gasteiger partial charge in [-0.25, -0.2) is 0 Å². The molecular formula is C40H59NO6S2Si2. The van der Waals surface area contributed by atoms with Gasteiger partial charge in [0.05, 0.1) is 21.3 Å². The van der Waals surface area contributed by atoms with Gasteiger partial charge in [0.1, 0.15) is 5.75 Å². The van der Waals surface area contributed by atoms with Crippen LogP contribution in [0, 0.1) is 10.1 Å². The number of allylic oxidation sites excluding steroid dienone is 2. The summed E-state index contributed by atoms with van der Waals surface area (Å²) in [6, 6.07) is 10.0. The van der Waals surface area contributed by atoms with Crippen molar-refractivity contribution in [3.63, 3.8) is 0 Å². The summed E-state index contributed by atoms with van der Waals surface area (Å²) in [5, 5.41) is 12.0. The minimum absolute atomic E-state index is 0.00454. The van der Waals surface area contributed by atoms with Crippen LogP contribution in [-0.4, -0.2) is 39.7 Å². The lowest BCUT2D eigenvalue weighted by Crippen LogP contribution is -2.42. The molecular weight excluding hydrogens is 711 g/mol. The Morgan fingerprint density at radius 2 is 1.31 bits per heavy atom. The van der Waals surface area contributed by atoms with Crippen LogP contribution in [0.25, 0.3) is 0 Å². The number of rotatable bonds is 22. The number of ether oxygens (including phenoxy) is 1. The zero-order chi connectivity index (χ0) is 37.2. The van der Waals surface area contributed by atoms with Crippen molar-refractivity contribution in [2.24, 2.45) is 0 Å². The van der Waals surface area contributed by atoms with Gasteiger partial charge in [0.2, 0.25) is 11.6 Å². The number of Topliss-reactive ketones (excluding diaryl/α,β-unsaturated/α-hetero) is 2. The molecule has 0 spiro atoms. The Bertz CT molecular complexity index is 1590. The molecule has 2 aromatic rings. The summed E-state index contributed by atoms with van der Waals surface area (Å²) < 4.78 is 12.5. The standard InChI is InChI=1S/C40H59NO6S2Si2/c1-8-9-10-18-21-29(2)32-28-36-33(27-34(32)41(44)45)38(43)40(49-36)39-37(42)31-23-22-30(26-35(31)48-39)46-24-19-16-14-12-11-13-15-17-20-25-51(6,7)47-50(3,4)5/h22-23,26-29H,8-21,24-25H2,1-7H3/b40-39-/t29-/m1/s1. The number of fused-ring (bicyclic) bond motifs is 2. The quantitative estimate of drug-likeness (QED) is 0.0384. The molecule has 2 aromatic carbocycles. The second-order valence-electron chi connectivity index (χ2n) is 15.8. The first-order chi connectivity index (χ1) is 24.2. The summed E-state index contributed by atoms with van der Waals surface area (Å²) >= 11 is 2.57. The molecule has 2 heterocycles. The SMILES string of the molecule is CCCCCC[C@@H](C)c1cc2c(cc1[N+](=O)[O-])C(=O)/C(=C1/Sc3cc(OCCCCCCCCCCC[Si](C)(C)O[Si](C)(C)C)ccc3C1=O)S2. The van der Waals surface area contributed by atoms with Gasteiger partial charge in [-0.2, -0.15) is 0 Å². The molecule has 0 saturated heterocycles. The van der Waals surface area contributed by atoms with Gasteiger partial charge in [-0.05, 0) is 81.8 Å². The van der Waals surface area contributed by atoms with Crippen LogP contribution in [0.15, 0.2) is 49.9 Å². The minimum atomic E-state index is -1.50. The number of thioether (sulfide) groups is 2. The van der Waals surface area contributed by atoms with Crippen LogP contribution < -0.4 is 4.74 Å². The van der Waals surface area contributed by atoms with Gasteiger partial charge in [0.25, 0.3) is 5.69 Å². The van der Waals surface area contributed by atoms with Gasteiger partial charge in [-0.15, -0.1) is 0 Å². The molecule has 1 atom stereocenters. The van der Waals surface area contributed by atoms with E-state index in [0.717, 1.165) is 55.6 Å². The molecule has 0 aromatic heterocycles. The number of carbonyl (C=O) groups excluding carboxylic acids is 2. The Morgan fingerprint density at radius 3 is 1.92 bits per heavy atom. The van der Waals surface area contributed by atoms with E-state index in [1.807, 2.05) is 25.1 Å². The van der Waals surface area contributed by atoms with Crippen molar-refractivity contribution in [3.8, 4) is 5.75 Å². The third kappa shape index (κ3) is 12.2. The number of nitro benzene ring substituents is 1. The Balaban J connectivity index is 1.22. The van der Waals surface area contributed by atoms with Gasteiger partial charge < -0.3 is 8.85 Å². The van der Waals surface area contributed by atoms with E-state index in [-0.39, 0.29) is 28.1 Å². The molecule has 280 valence electrons. The predicted molar refractivity (Wildman–Crippen MR) is 218 cm³/mol. The maximum absolute atomic E-state index is 13.6. The highest BCUT2D eigenvalue weighted by Crippen LogP contribution is 2.51. The fraction of sp³-hybridized carbons (Fsp3) is 0.600. The van der Waals surface area contributed by atoms with E-state index in [2.05, 4.69) is 39.7 Å². The first-order valence-corrected chi connectivity index (χ1v) is 27.3. The number of hydrogen-bond donors (Lipinski definition) is 0. The van der Waals surface area contributed by atoms with Gasteiger partial charge in [-0.3, -0.25) is 19.7 Å². The van der Waals surface area contributed by atoms with E-state index in [9.17, 15) is 19.7 Å². The van der Waals surface area contributed by atoms with Crippen LogP contribution in [0.2, 0.25) is 38.8 Å². The van der Waals surface area contributed by atoms with E-state index >= 15 is 0 Å². The lowest BCUT2D eigenvalue weighted by Gasteiger charge is -2.31. The van der Waals surface area contributed by atoms with E-state index in [1.54, 1.807) is 6.07 Å². The van der Waals surface area contributed by atoms with Crippen molar-refractivity contribution in [1.29, 1.82) is 0 Å². The molecule has 0 unspecified atom stereocenters. The summed E-state index contributed by atoms with van der Waals surface area (Å²) in [5.41, 5.74) is 1.53. The predicted octanol–water partition coefficient (Wildman–Crippen LogP) is 13.1. The van der Waals surface area contributed by atoms with Gasteiger partial charge >= 0.3 is 0 Å². The van der Waals surface area contributed by atoms with E-state index in [4.69, 9.17) is 8.85 Å². The summed E-state index contributed by atoms with van der Waals surface area (Å²) in [5.74, 6) is 0.244. The average Bonchev–Trinajstić information content (AvgIpc) is 3.56. The summed E-state index contributed by atoms with van der Waals surface area (Å²) in [4.78, 5) is 40.9.